The Morgan fingerprint density at radius 3 is 3.00 bits per heavy atom. The zero-order chi connectivity index (χ0) is 16.3. The van der Waals surface area contributed by atoms with Gasteiger partial charge in [-0.2, -0.15) is 0 Å². The molecule has 3 atom stereocenters. The lowest BCUT2D eigenvalue weighted by molar-refractivity contribution is -0.137. The van der Waals surface area contributed by atoms with Crippen LogP contribution in [0, 0.1) is 6.92 Å². The van der Waals surface area contributed by atoms with Gasteiger partial charge in [-0.05, 0) is 19.9 Å². The number of nitrogens with zero attached hydrogens (tertiary/aromatic N) is 1. The highest BCUT2D eigenvalue weighted by Gasteiger charge is 2.34. The molecule has 2 rings (SSSR count). The van der Waals surface area contributed by atoms with Crippen LogP contribution < -0.4 is 11.2 Å². The van der Waals surface area contributed by atoms with Crippen LogP contribution in [-0.4, -0.2) is 39.4 Å². The minimum absolute atomic E-state index is 0.170. The third-order valence-electron chi connectivity index (χ3n) is 3.30. The summed E-state index contributed by atoms with van der Waals surface area (Å²) in [5.74, 6) is -0.529. The average Bonchev–Trinajstić information content (AvgIpc) is 2.82. The van der Waals surface area contributed by atoms with Crippen LogP contribution in [0.3, 0.4) is 0 Å². The van der Waals surface area contributed by atoms with E-state index in [0.29, 0.717) is 5.56 Å². The number of nitrogens with one attached hydrogen (secondary N) is 1. The van der Waals surface area contributed by atoms with Crippen molar-refractivity contribution in [1.29, 1.82) is 0 Å². The second-order valence-corrected chi connectivity index (χ2v) is 4.95. The highest BCUT2D eigenvalue weighted by molar-refractivity contribution is 5.81. The molecule has 8 nitrogen and oxygen atoms in total. The van der Waals surface area contributed by atoms with Crippen molar-refractivity contribution in [3.05, 3.63) is 44.8 Å². The maximum atomic E-state index is 11.8. The van der Waals surface area contributed by atoms with Crippen molar-refractivity contribution in [2.45, 2.75) is 38.7 Å². The van der Waals surface area contributed by atoms with Crippen molar-refractivity contribution in [3.63, 3.8) is 0 Å². The number of aromatic nitrogens is 2. The van der Waals surface area contributed by atoms with E-state index < -0.39 is 35.7 Å². The lowest BCUT2D eigenvalue weighted by Crippen LogP contribution is -2.33. The molecule has 0 unspecified atom stereocenters. The number of aryl methyl sites for hydroxylation is 1. The van der Waals surface area contributed by atoms with Gasteiger partial charge in [0.25, 0.3) is 5.56 Å². The Hall–Kier alpha value is -2.19. The van der Waals surface area contributed by atoms with Gasteiger partial charge in [-0.3, -0.25) is 14.3 Å². The first-order valence-corrected chi connectivity index (χ1v) is 6.93. The number of aliphatic hydroxyl groups excluding tert-OH is 1. The first-order chi connectivity index (χ1) is 10.4. The van der Waals surface area contributed by atoms with Gasteiger partial charge in [-0.25, -0.2) is 9.59 Å². The molecule has 0 aromatic carbocycles. The normalized spacial score (nSPS) is 24.8. The number of esters is 1. The Kier molecular flexibility index (Phi) is 4.94. The third-order valence-corrected chi connectivity index (χ3v) is 3.30. The van der Waals surface area contributed by atoms with Gasteiger partial charge in [0.05, 0.1) is 12.7 Å². The van der Waals surface area contributed by atoms with Crippen LogP contribution in [0.1, 0.15) is 25.1 Å². The fraction of sp³-hybridized carbons (Fsp3) is 0.500. The average molecular weight is 310 g/mol. The summed E-state index contributed by atoms with van der Waals surface area (Å²) in [5, 5.41) is 9.96. The predicted molar refractivity (Wildman–Crippen MR) is 76.4 cm³/mol. The quantitative estimate of drug-likeness (QED) is 0.579. The molecule has 2 N–H and O–H groups in total. The third kappa shape index (κ3) is 3.52. The number of rotatable bonds is 4. The molecule has 1 fully saturated rings. The molecule has 1 aromatic heterocycles. The highest BCUT2D eigenvalue weighted by atomic mass is 16.5. The topological polar surface area (TPSA) is 111 Å². The maximum absolute atomic E-state index is 11.8. The largest absolute Gasteiger partial charge is 0.463 e. The number of hydrogen-bond acceptors (Lipinski definition) is 6. The van der Waals surface area contributed by atoms with Crippen LogP contribution in [0.4, 0.5) is 0 Å². The van der Waals surface area contributed by atoms with E-state index in [4.69, 9.17) is 9.47 Å². The fourth-order valence-electron chi connectivity index (χ4n) is 2.18. The van der Waals surface area contributed by atoms with Gasteiger partial charge in [0, 0.05) is 24.3 Å². The van der Waals surface area contributed by atoms with Crippen molar-refractivity contribution in [3.8, 4) is 0 Å². The van der Waals surface area contributed by atoms with Crippen LogP contribution in [0.2, 0.25) is 0 Å². The number of hydrogen-bond donors (Lipinski definition) is 2. The van der Waals surface area contributed by atoms with Gasteiger partial charge in [0.1, 0.15) is 12.3 Å². The number of aliphatic hydroxyl groups is 1. The zero-order valence-corrected chi connectivity index (χ0v) is 12.3. The Morgan fingerprint density at radius 2 is 2.32 bits per heavy atom. The standard InChI is InChI=1S/C14H18N2O6/c1-3-21-12(18)5-4-10-9(17)6-11(22-10)16-7-8(2)13(19)15-14(16)20/h4-5,7,9-11,17H,3,6H2,1-2H3,(H,15,19,20)/b5-4-/t9-,10+,11+/m0/s1. The number of ether oxygens (including phenoxy) is 2. The van der Waals surface area contributed by atoms with Gasteiger partial charge in [-0.15, -0.1) is 0 Å². The summed E-state index contributed by atoms with van der Waals surface area (Å²) in [6.07, 6.45) is 1.82. The van der Waals surface area contributed by atoms with Crippen LogP contribution in [0.15, 0.2) is 27.9 Å². The number of carbonyl (C=O) groups is 1. The predicted octanol–water partition coefficient (Wildman–Crippen LogP) is -0.387. The Labute approximate surface area is 126 Å². The molecule has 1 aromatic rings. The lowest BCUT2D eigenvalue weighted by Gasteiger charge is -2.14. The summed E-state index contributed by atoms with van der Waals surface area (Å²) in [6, 6.07) is 0. The van der Waals surface area contributed by atoms with Crippen molar-refractivity contribution >= 4 is 5.97 Å². The molecular weight excluding hydrogens is 292 g/mol. The van der Waals surface area contributed by atoms with Crippen LogP contribution in [0.5, 0.6) is 0 Å². The van der Waals surface area contributed by atoms with Gasteiger partial charge in [0.15, 0.2) is 0 Å². The van der Waals surface area contributed by atoms with E-state index in [-0.39, 0.29) is 13.0 Å². The summed E-state index contributed by atoms with van der Waals surface area (Å²) < 4.78 is 11.5. The van der Waals surface area contributed by atoms with E-state index in [1.807, 2.05) is 0 Å². The van der Waals surface area contributed by atoms with Crippen LogP contribution in [-0.2, 0) is 14.3 Å². The molecule has 0 spiro atoms. The van der Waals surface area contributed by atoms with E-state index >= 15 is 0 Å². The van der Waals surface area contributed by atoms with Gasteiger partial charge in [-0.1, -0.05) is 0 Å². The molecule has 0 bridgehead atoms. The smallest absolute Gasteiger partial charge is 0.330 e. The van der Waals surface area contributed by atoms with E-state index in [9.17, 15) is 19.5 Å². The molecule has 1 aliphatic rings. The molecule has 22 heavy (non-hydrogen) atoms. The monoisotopic (exact) mass is 310 g/mol. The SMILES string of the molecule is CCOC(=O)/C=C\[C@H]1O[C@@H](n2cc(C)c(=O)[nH]c2=O)C[C@@H]1O. The molecule has 0 amide bonds. The second kappa shape index (κ2) is 6.71. The van der Waals surface area contributed by atoms with Crippen LogP contribution in [0.25, 0.3) is 0 Å². The van der Waals surface area contributed by atoms with Gasteiger partial charge in [0.2, 0.25) is 0 Å². The molecule has 0 aliphatic carbocycles. The Bertz CT molecular complexity index is 689. The molecule has 1 saturated heterocycles. The number of aromatic amines is 1. The van der Waals surface area contributed by atoms with E-state index in [1.54, 1.807) is 13.8 Å². The molecule has 8 heteroatoms. The first-order valence-electron chi connectivity index (χ1n) is 6.93. The van der Waals surface area contributed by atoms with Crippen LogP contribution >= 0.6 is 0 Å². The van der Waals surface area contributed by atoms with Crippen molar-refractivity contribution < 1.29 is 19.4 Å². The Balaban J connectivity index is 2.14. The lowest BCUT2D eigenvalue weighted by atomic mass is 10.1. The van der Waals surface area contributed by atoms with E-state index in [0.717, 1.165) is 0 Å². The second-order valence-electron chi connectivity index (χ2n) is 4.95. The number of carbonyl (C=O) groups excluding carboxylic acids is 1. The minimum Gasteiger partial charge on any atom is -0.463 e. The van der Waals surface area contributed by atoms with E-state index in [2.05, 4.69) is 4.98 Å². The Morgan fingerprint density at radius 1 is 1.59 bits per heavy atom. The molecule has 120 valence electrons. The molecule has 0 radical (unpaired) electrons. The zero-order valence-electron chi connectivity index (χ0n) is 12.3. The molecule has 2 heterocycles. The molecule has 0 saturated carbocycles. The summed E-state index contributed by atoms with van der Waals surface area (Å²) in [4.78, 5) is 36.6. The fourth-order valence-corrected chi connectivity index (χ4v) is 2.18. The first kappa shape index (κ1) is 16.2. The van der Waals surface area contributed by atoms with Crippen molar-refractivity contribution in [1.82, 2.24) is 9.55 Å². The van der Waals surface area contributed by atoms with Gasteiger partial charge >= 0.3 is 11.7 Å². The molecule has 1 aliphatic heterocycles. The van der Waals surface area contributed by atoms with E-state index in [1.165, 1.54) is 22.9 Å². The van der Waals surface area contributed by atoms with Gasteiger partial charge < -0.3 is 14.6 Å². The molecular formula is C14H18N2O6. The summed E-state index contributed by atoms with van der Waals surface area (Å²) in [7, 11) is 0. The number of H-pyrrole nitrogens is 1. The summed E-state index contributed by atoms with van der Waals surface area (Å²) in [6.45, 7) is 3.51. The van der Waals surface area contributed by atoms with Crippen molar-refractivity contribution in [2.24, 2.45) is 0 Å². The maximum Gasteiger partial charge on any atom is 0.330 e. The highest BCUT2D eigenvalue weighted by Crippen LogP contribution is 2.28. The van der Waals surface area contributed by atoms with Crippen molar-refractivity contribution in [2.75, 3.05) is 6.61 Å². The minimum atomic E-state index is -0.866. The summed E-state index contributed by atoms with van der Waals surface area (Å²) in [5.41, 5.74) is -0.704. The summed E-state index contributed by atoms with van der Waals surface area (Å²) >= 11 is 0.